The maximum absolute atomic E-state index is 2.47. The maximum atomic E-state index is 2.47. The standard InChI is InChI=1S/C44H39N/c1-2-9-37(10-3-1)42-12-6-7-13-43(42)45(41-23-18-34-8-4-5-11-38(34)27-41)40-21-16-36(17-22-40)35-14-19-39(20-15-35)44-28-31-24-32(29-44)26-33(25-31)30-44/h1-23,27,31-33H,24-26,28-30H2. The Morgan fingerprint density at radius 3 is 1.69 bits per heavy atom. The van der Waals surface area contributed by atoms with Gasteiger partial charge in [0, 0.05) is 16.9 Å². The molecule has 4 saturated carbocycles. The third-order valence-electron chi connectivity index (χ3n) is 11.2. The lowest BCUT2D eigenvalue weighted by Crippen LogP contribution is -2.48. The Morgan fingerprint density at radius 2 is 1.00 bits per heavy atom. The molecule has 220 valence electrons. The van der Waals surface area contributed by atoms with E-state index in [1.807, 2.05) is 0 Å². The second-order valence-corrected chi connectivity index (χ2v) is 14.1. The van der Waals surface area contributed by atoms with Crippen molar-refractivity contribution in [1.29, 1.82) is 0 Å². The van der Waals surface area contributed by atoms with Gasteiger partial charge in [-0.3, -0.25) is 0 Å². The van der Waals surface area contributed by atoms with Gasteiger partial charge in [-0.05, 0) is 125 Å². The molecule has 0 amide bonds. The molecule has 0 aliphatic heterocycles. The molecule has 0 atom stereocenters. The molecule has 4 aliphatic carbocycles. The zero-order chi connectivity index (χ0) is 29.8. The van der Waals surface area contributed by atoms with Crippen LogP contribution in [0.3, 0.4) is 0 Å². The van der Waals surface area contributed by atoms with Crippen LogP contribution in [0.2, 0.25) is 0 Å². The van der Waals surface area contributed by atoms with Crippen LogP contribution in [0.5, 0.6) is 0 Å². The van der Waals surface area contributed by atoms with Gasteiger partial charge in [0.15, 0.2) is 0 Å². The minimum absolute atomic E-state index is 0.448. The average Bonchev–Trinajstić information content (AvgIpc) is 3.09. The summed E-state index contributed by atoms with van der Waals surface area (Å²) in [7, 11) is 0. The molecular formula is C44H39N. The van der Waals surface area contributed by atoms with Crippen molar-refractivity contribution in [3.63, 3.8) is 0 Å². The molecular weight excluding hydrogens is 542 g/mol. The minimum Gasteiger partial charge on any atom is -0.310 e. The smallest absolute Gasteiger partial charge is 0.0540 e. The summed E-state index contributed by atoms with van der Waals surface area (Å²) in [5, 5.41) is 2.50. The van der Waals surface area contributed by atoms with Gasteiger partial charge in [0.25, 0.3) is 0 Å². The molecule has 6 aromatic rings. The van der Waals surface area contributed by atoms with E-state index in [0.717, 1.165) is 29.1 Å². The lowest BCUT2D eigenvalue weighted by Gasteiger charge is -2.57. The number of fused-ring (bicyclic) bond motifs is 1. The largest absolute Gasteiger partial charge is 0.310 e. The average molecular weight is 582 g/mol. The van der Waals surface area contributed by atoms with Crippen molar-refractivity contribution in [2.24, 2.45) is 17.8 Å². The van der Waals surface area contributed by atoms with E-state index >= 15 is 0 Å². The summed E-state index contributed by atoms with van der Waals surface area (Å²) in [5.74, 6) is 2.92. The van der Waals surface area contributed by atoms with Crippen LogP contribution in [0, 0.1) is 17.8 Å². The van der Waals surface area contributed by atoms with E-state index in [4.69, 9.17) is 0 Å². The first-order chi connectivity index (χ1) is 22.2. The third kappa shape index (κ3) is 4.77. The van der Waals surface area contributed by atoms with Crippen LogP contribution in [0.25, 0.3) is 33.0 Å². The van der Waals surface area contributed by atoms with Gasteiger partial charge >= 0.3 is 0 Å². The van der Waals surface area contributed by atoms with E-state index in [1.165, 1.54) is 77.2 Å². The summed E-state index contributed by atoms with van der Waals surface area (Å²) >= 11 is 0. The molecule has 0 radical (unpaired) electrons. The van der Waals surface area contributed by atoms with Crippen LogP contribution in [-0.2, 0) is 5.41 Å². The van der Waals surface area contributed by atoms with Crippen LogP contribution in [-0.4, -0.2) is 0 Å². The van der Waals surface area contributed by atoms with E-state index in [2.05, 4.69) is 150 Å². The first-order valence-corrected chi connectivity index (χ1v) is 16.9. The summed E-state index contributed by atoms with van der Waals surface area (Å²) in [5.41, 5.74) is 10.5. The molecule has 45 heavy (non-hydrogen) atoms. The van der Waals surface area contributed by atoms with Crippen molar-refractivity contribution >= 4 is 27.8 Å². The molecule has 0 N–H and O–H groups in total. The molecule has 0 heterocycles. The number of anilines is 3. The number of hydrogen-bond donors (Lipinski definition) is 0. The van der Waals surface area contributed by atoms with Gasteiger partial charge in [0.2, 0.25) is 0 Å². The monoisotopic (exact) mass is 581 g/mol. The second kappa shape index (κ2) is 10.8. The van der Waals surface area contributed by atoms with E-state index in [0.29, 0.717) is 5.41 Å². The number of nitrogens with zero attached hydrogens (tertiary/aromatic N) is 1. The molecule has 0 unspecified atom stereocenters. The van der Waals surface area contributed by atoms with E-state index in [1.54, 1.807) is 5.56 Å². The Balaban J connectivity index is 1.08. The highest BCUT2D eigenvalue weighted by atomic mass is 15.1. The normalized spacial score (nSPS) is 23.3. The van der Waals surface area contributed by atoms with Crippen molar-refractivity contribution in [2.75, 3.05) is 4.90 Å². The Kier molecular flexibility index (Phi) is 6.40. The van der Waals surface area contributed by atoms with Crippen LogP contribution >= 0.6 is 0 Å². The first-order valence-electron chi connectivity index (χ1n) is 16.9. The fourth-order valence-corrected chi connectivity index (χ4v) is 9.56. The number of rotatable bonds is 6. The van der Waals surface area contributed by atoms with Crippen LogP contribution in [0.15, 0.2) is 146 Å². The lowest BCUT2D eigenvalue weighted by atomic mass is 9.48. The fraction of sp³-hybridized carbons (Fsp3) is 0.227. The van der Waals surface area contributed by atoms with Crippen LogP contribution < -0.4 is 4.90 Å². The molecule has 10 rings (SSSR count). The molecule has 1 nitrogen and oxygen atoms in total. The van der Waals surface area contributed by atoms with Crippen molar-refractivity contribution in [2.45, 2.75) is 43.9 Å². The highest BCUT2D eigenvalue weighted by molar-refractivity contribution is 5.93. The van der Waals surface area contributed by atoms with Gasteiger partial charge in [-0.1, -0.05) is 115 Å². The first kappa shape index (κ1) is 26.8. The summed E-state index contributed by atoms with van der Waals surface area (Å²) < 4.78 is 0. The second-order valence-electron chi connectivity index (χ2n) is 14.1. The molecule has 0 aromatic heterocycles. The topological polar surface area (TPSA) is 3.24 Å². The predicted molar refractivity (Wildman–Crippen MR) is 189 cm³/mol. The van der Waals surface area contributed by atoms with Gasteiger partial charge < -0.3 is 4.90 Å². The Morgan fingerprint density at radius 1 is 0.444 bits per heavy atom. The zero-order valence-corrected chi connectivity index (χ0v) is 25.8. The van der Waals surface area contributed by atoms with Crippen molar-refractivity contribution in [1.82, 2.24) is 0 Å². The number of benzene rings is 6. The molecule has 1 heteroatoms. The van der Waals surface area contributed by atoms with Crippen molar-refractivity contribution in [3.05, 3.63) is 151 Å². The molecule has 0 spiro atoms. The molecule has 0 saturated heterocycles. The Bertz CT molecular complexity index is 1930. The van der Waals surface area contributed by atoms with Gasteiger partial charge in [-0.25, -0.2) is 0 Å². The number of hydrogen-bond acceptors (Lipinski definition) is 1. The van der Waals surface area contributed by atoms with Crippen molar-refractivity contribution < 1.29 is 0 Å². The van der Waals surface area contributed by atoms with E-state index in [9.17, 15) is 0 Å². The fourth-order valence-electron chi connectivity index (χ4n) is 9.56. The highest BCUT2D eigenvalue weighted by Crippen LogP contribution is 2.60. The summed E-state index contributed by atoms with van der Waals surface area (Å²) in [6.45, 7) is 0. The maximum Gasteiger partial charge on any atom is 0.0540 e. The van der Waals surface area contributed by atoms with Gasteiger partial charge in [-0.15, -0.1) is 0 Å². The Labute approximate surface area is 267 Å². The van der Waals surface area contributed by atoms with Crippen LogP contribution in [0.1, 0.15) is 44.1 Å². The zero-order valence-electron chi connectivity index (χ0n) is 25.8. The van der Waals surface area contributed by atoms with E-state index < -0.39 is 0 Å². The summed E-state index contributed by atoms with van der Waals surface area (Å²) in [4.78, 5) is 2.41. The highest BCUT2D eigenvalue weighted by Gasteiger charge is 2.51. The number of para-hydroxylation sites is 1. The minimum atomic E-state index is 0.448. The SMILES string of the molecule is c1ccc(-c2ccccc2N(c2ccc(-c3ccc(C45CC6CC(CC(C6)C4)C5)cc3)cc2)c2ccc3ccccc3c2)cc1. The molecule has 4 bridgehead atoms. The summed E-state index contributed by atoms with van der Waals surface area (Å²) in [6.07, 6.45) is 8.74. The predicted octanol–water partition coefficient (Wildman–Crippen LogP) is 12.1. The third-order valence-corrected chi connectivity index (χ3v) is 11.2. The molecule has 4 fully saturated rings. The van der Waals surface area contributed by atoms with Gasteiger partial charge in [-0.2, -0.15) is 0 Å². The van der Waals surface area contributed by atoms with Gasteiger partial charge in [0.1, 0.15) is 0 Å². The molecule has 6 aromatic carbocycles. The summed E-state index contributed by atoms with van der Waals surface area (Å²) in [6, 6.07) is 53.8. The van der Waals surface area contributed by atoms with Crippen LogP contribution in [0.4, 0.5) is 17.1 Å². The molecule has 4 aliphatic rings. The lowest BCUT2D eigenvalue weighted by molar-refractivity contribution is -0.00518. The van der Waals surface area contributed by atoms with Gasteiger partial charge in [0.05, 0.1) is 5.69 Å². The van der Waals surface area contributed by atoms with E-state index in [-0.39, 0.29) is 0 Å². The van der Waals surface area contributed by atoms with Crippen molar-refractivity contribution in [3.8, 4) is 22.3 Å². The quantitative estimate of drug-likeness (QED) is 0.189. The Hall–Kier alpha value is -4.62.